The van der Waals surface area contributed by atoms with Gasteiger partial charge < -0.3 is 5.11 Å². The molecule has 0 atom stereocenters. The van der Waals surface area contributed by atoms with E-state index < -0.39 is 10.0 Å². The topological polar surface area (TPSA) is 57.6 Å². The third-order valence-corrected chi connectivity index (χ3v) is 4.40. The third-order valence-electron chi connectivity index (χ3n) is 2.36. The van der Waals surface area contributed by atoms with Gasteiger partial charge in [0.25, 0.3) is 0 Å². The summed E-state index contributed by atoms with van der Waals surface area (Å²) in [5, 5.41) is 8.87. The van der Waals surface area contributed by atoms with Crippen molar-refractivity contribution in [3.05, 3.63) is 0 Å². The standard InChI is InChI=1S/C11H25NO3S/c1-10(2)12(7-8-13)16(14,15)9-6-11(3,4)5/h10,13H,6-9H2,1-5H3. The minimum atomic E-state index is -3.24. The lowest BCUT2D eigenvalue weighted by atomic mass is 9.94. The van der Waals surface area contributed by atoms with Gasteiger partial charge in [-0.25, -0.2) is 8.42 Å². The largest absolute Gasteiger partial charge is 0.395 e. The first-order valence-electron chi connectivity index (χ1n) is 5.70. The van der Waals surface area contributed by atoms with Crippen LogP contribution in [0.2, 0.25) is 0 Å². The molecule has 0 aromatic heterocycles. The van der Waals surface area contributed by atoms with Crippen LogP contribution in [-0.4, -0.2) is 42.8 Å². The summed E-state index contributed by atoms with van der Waals surface area (Å²) >= 11 is 0. The van der Waals surface area contributed by atoms with Crippen molar-refractivity contribution in [3.63, 3.8) is 0 Å². The summed E-state index contributed by atoms with van der Waals surface area (Å²) in [5.41, 5.74) is 0.00886. The van der Waals surface area contributed by atoms with Crippen molar-refractivity contribution in [2.45, 2.75) is 47.1 Å². The molecule has 0 aromatic rings. The van der Waals surface area contributed by atoms with Crippen LogP contribution in [0.15, 0.2) is 0 Å². The fourth-order valence-electron chi connectivity index (χ4n) is 1.37. The van der Waals surface area contributed by atoms with Crippen LogP contribution >= 0.6 is 0 Å². The van der Waals surface area contributed by atoms with Crippen molar-refractivity contribution in [1.29, 1.82) is 0 Å². The predicted octanol–water partition coefficient (Wildman–Crippen LogP) is 1.46. The van der Waals surface area contributed by atoms with E-state index in [-0.39, 0.29) is 30.4 Å². The van der Waals surface area contributed by atoms with Gasteiger partial charge >= 0.3 is 0 Å². The molecule has 0 saturated carbocycles. The average molecular weight is 251 g/mol. The van der Waals surface area contributed by atoms with Gasteiger partial charge in [0.2, 0.25) is 10.0 Å². The minimum absolute atomic E-state index is 0.00886. The summed E-state index contributed by atoms with van der Waals surface area (Å²) < 4.78 is 25.4. The normalized spacial score (nSPS) is 13.8. The molecule has 1 N–H and O–H groups in total. The Morgan fingerprint density at radius 3 is 2.06 bits per heavy atom. The SMILES string of the molecule is CC(C)N(CCO)S(=O)(=O)CCC(C)(C)C. The molecule has 5 heteroatoms. The molecule has 0 aromatic carbocycles. The molecule has 0 spiro atoms. The Kier molecular flexibility index (Phi) is 5.93. The zero-order chi connectivity index (χ0) is 13.0. The second kappa shape index (κ2) is 5.98. The van der Waals surface area contributed by atoms with Crippen molar-refractivity contribution in [2.75, 3.05) is 18.9 Å². The van der Waals surface area contributed by atoms with Crippen LogP contribution in [0.1, 0.15) is 41.0 Å². The second-order valence-electron chi connectivity index (χ2n) is 5.55. The highest BCUT2D eigenvalue weighted by Gasteiger charge is 2.26. The monoisotopic (exact) mass is 251 g/mol. The minimum Gasteiger partial charge on any atom is -0.395 e. The van der Waals surface area contributed by atoms with E-state index in [1.165, 1.54) is 4.31 Å². The summed E-state index contributed by atoms with van der Waals surface area (Å²) in [5.74, 6) is 0.147. The van der Waals surface area contributed by atoms with Crippen LogP contribution in [0.4, 0.5) is 0 Å². The van der Waals surface area contributed by atoms with E-state index in [0.29, 0.717) is 6.42 Å². The van der Waals surface area contributed by atoms with Crippen LogP contribution in [0.25, 0.3) is 0 Å². The Hall–Kier alpha value is -0.130. The Morgan fingerprint density at radius 1 is 1.25 bits per heavy atom. The maximum absolute atomic E-state index is 12.0. The van der Waals surface area contributed by atoms with Crippen LogP contribution in [0.3, 0.4) is 0 Å². The van der Waals surface area contributed by atoms with E-state index in [1.807, 2.05) is 34.6 Å². The zero-order valence-electron chi connectivity index (χ0n) is 11.0. The fourth-order valence-corrected chi connectivity index (χ4v) is 3.48. The molecule has 0 fully saturated rings. The van der Waals surface area contributed by atoms with Crippen LogP contribution in [0, 0.1) is 5.41 Å². The number of hydrogen-bond donors (Lipinski definition) is 1. The third kappa shape index (κ3) is 5.82. The lowest BCUT2D eigenvalue weighted by Gasteiger charge is -2.27. The van der Waals surface area contributed by atoms with Gasteiger partial charge in [0.05, 0.1) is 12.4 Å². The summed E-state index contributed by atoms with van der Waals surface area (Å²) in [6.45, 7) is 9.77. The second-order valence-corrected chi connectivity index (χ2v) is 7.60. The maximum Gasteiger partial charge on any atom is 0.214 e. The van der Waals surface area contributed by atoms with E-state index in [9.17, 15) is 8.42 Å². The average Bonchev–Trinajstić information content (AvgIpc) is 2.09. The molecule has 98 valence electrons. The van der Waals surface area contributed by atoms with Crippen molar-refractivity contribution >= 4 is 10.0 Å². The van der Waals surface area contributed by atoms with Crippen LogP contribution in [-0.2, 0) is 10.0 Å². The molecule has 0 aliphatic heterocycles. The Morgan fingerprint density at radius 2 is 1.75 bits per heavy atom. The quantitative estimate of drug-likeness (QED) is 0.777. The summed E-state index contributed by atoms with van der Waals surface area (Å²) in [6, 6.07) is -0.0999. The van der Waals surface area contributed by atoms with Crippen LogP contribution < -0.4 is 0 Å². The van der Waals surface area contributed by atoms with E-state index >= 15 is 0 Å². The van der Waals surface area contributed by atoms with E-state index in [1.54, 1.807) is 0 Å². The van der Waals surface area contributed by atoms with Crippen molar-refractivity contribution in [1.82, 2.24) is 4.31 Å². The molecular formula is C11H25NO3S. The molecule has 0 bridgehead atoms. The number of hydrogen-bond acceptors (Lipinski definition) is 3. The lowest BCUT2D eigenvalue weighted by molar-refractivity contribution is 0.236. The maximum atomic E-state index is 12.0. The molecule has 0 unspecified atom stereocenters. The summed E-state index contributed by atoms with van der Waals surface area (Å²) in [7, 11) is -3.24. The summed E-state index contributed by atoms with van der Waals surface area (Å²) in [6.07, 6.45) is 0.629. The van der Waals surface area contributed by atoms with Crippen LogP contribution in [0.5, 0.6) is 0 Å². The number of nitrogens with zero attached hydrogens (tertiary/aromatic N) is 1. The summed E-state index contributed by atoms with van der Waals surface area (Å²) in [4.78, 5) is 0. The molecule has 0 saturated heterocycles. The van der Waals surface area contributed by atoms with Gasteiger partial charge in [0.1, 0.15) is 0 Å². The lowest BCUT2D eigenvalue weighted by Crippen LogP contribution is -2.40. The molecule has 16 heavy (non-hydrogen) atoms. The molecule has 0 radical (unpaired) electrons. The van der Waals surface area contributed by atoms with Crippen molar-refractivity contribution in [2.24, 2.45) is 5.41 Å². The number of aliphatic hydroxyl groups is 1. The smallest absolute Gasteiger partial charge is 0.214 e. The Bertz CT molecular complexity index is 291. The highest BCUT2D eigenvalue weighted by Crippen LogP contribution is 2.21. The van der Waals surface area contributed by atoms with E-state index in [2.05, 4.69) is 0 Å². The van der Waals surface area contributed by atoms with Gasteiger partial charge in [0.15, 0.2) is 0 Å². The van der Waals surface area contributed by atoms with Crippen molar-refractivity contribution in [3.8, 4) is 0 Å². The van der Waals surface area contributed by atoms with Gasteiger partial charge in [0, 0.05) is 12.6 Å². The number of aliphatic hydroxyl groups excluding tert-OH is 1. The van der Waals surface area contributed by atoms with E-state index in [4.69, 9.17) is 5.11 Å². The number of sulfonamides is 1. The first-order chi connectivity index (χ1) is 7.10. The zero-order valence-corrected chi connectivity index (χ0v) is 11.8. The first-order valence-corrected chi connectivity index (χ1v) is 7.31. The Balaban J connectivity index is 4.61. The van der Waals surface area contributed by atoms with E-state index in [0.717, 1.165) is 0 Å². The highest BCUT2D eigenvalue weighted by molar-refractivity contribution is 7.89. The Labute approximate surface area is 99.7 Å². The molecule has 0 rings (SSSR count). The molecule has 0 amide bonds. The molecular weight excluding hydrogens is 226 g/mol. The number of rotatable bonds is 6. The van der Waals surface area contributed by atoms with Gasteiger partial charge in [-0.15, -0.1) is 0 Å². The molecule has 0 heterocycles. The van der Waals surface area contributed by atoms with Crippen molar-refractivity contribution < 1.29 is 13.5 Å². The van der Waals surface area contributed by atoms with Gasteiger partial charge in [-0.3, -0.25) is 0 Å². The highest BCUT2D eigenvalue weighted by atomic mass is 32.2. The molecule has 0 aliphatic carbocycles. The van der Waals surface area contributed by atoms with Gasteiger partial charge in [-0.1, -0.05) is 20.8 Å². The van der Waals surface area contributed by atoms with Gasteiger partial charge in [-0.05, 0) is 25.7 Å². The predicted molar refractivity (Wildman–Crippen MR) is 66.8 cm³/mol. The first kappa shape index (κ1) is 15.9. The molecule has 0 aliphatic rings. The van der Waals surface area contributed by atoms with Gasteiger partial charge in [-0.2, -0.15) is 4.31 Å². The molecule has 4 nitrogen and oxygen atoms in total. The fraction of sp³-hybridized carbons (Fsp3) is 1.00.